The lowest BCUT2D eigenvalue weighted by Gasteiger charge is -2.28. The van der Waals surface area contributed by atoms with E-state index in [1.807, 2.05) is 42.5 Å². The molecular formula is C22H26ClN3O2. The standard InChI is InChI=1S/C22H26ClN3O2/c1-22(2,26-13-15-9-17(27-3)12-18(10-15)28-4)14-25-20-7-8-24-21-11-16(23)5-6-19(20)21/h5-12,26H,13-14H2,1-4H3,(H,24,25). The van der Waals surface area contributed by atoms with Crippen LogP contribution in [0.2, 0.25) is 5.02 Å². The minimum absolute atomic E-state index is 0.141. The SMILES string of the molecule is COc1cc(CNC(C)(C)CNc2ccnc3cc(Cl)ccc23)cc(OC)c1. The largest absolute Gasteiger partial charge is 0.497 e. The van der Waals surface area contributed by atoms with Crippen LogP contribution in [0.4, 0.5) is 5.69 Å². The molecule has 148 valence electrons. The first-order chi connectivity index (χ1) is 13.4. The van der Waals surface area contributed by atoms with E-state index in [1.54, 1.807) is 20.4 Å². The number of ether oxygens (including phenoxy) is 2. The van der Waals surface area contributed by atoms with Gasteiger partial charge in [0.05, 0.1) is 19.7 Å². The van der Waals surface area contributed by atoms with Crippen LogP contribution in [0.25, 0.3) is 10.9 Å². The minimum Gasteiger partial charge on any atom is -0.497 e. The Balaban J connectivity index is 1.66. The number of rotatable bonds is 8. The third kappa shape index (κ3) is 5.06. The van der Waals surface area contributed by atoms with Crippen LogP contribution in [0.1, 0.15) is 19.4 Å². The monoisotopic (exact) mass is 399 g/mol. The number of halogens is 1. The van der Waals surface area contributed by atoms with E-state index in [9.17, 15) is 0 Å². The van der Waals surface area contributed by atoms with E-state index in [-0.39, 0.29) is 5.54 Å². The lowest BCUT2D eigenvalue weighted by Crippen LogP contribution is -2.44. The number of pyridine rings is 1. The summed E-state index contributed by atoms with van der Waals surface area (Å²) < 4.78 is 10.7. The number of methoxy groups -OCH3 is 2. The second-order valence-corrected chi connectivity index (χ2v) is 7.77. The average Bonchev–Trinajstić information content (AvgIpc) is 2.70. The molecule has 3 rings (SSSR count). The number of hydrogen-bond acceptors (Lipinski definition) is 5. The van der Waals surface area contributed by atoms with Crippen molar-refractivity contribution in [3.8, 4) is 11.5 Å². The maximum absolute atomic E-state index is 6.08. The minimum atomic E-state index is -0.141. The molecule has 0 aliphatic heterocycles. The van der Waals surface area contributed by atoms with E-state index in [4.69, 9.17) is 21.1 Å². The zero-order valence-corrected chi connectivity index (χ0v) is 17.4. The lowest BCUT2D eigenvalue weighted by molar-refractivity contribution is 0.387. The Morgan fingerprint density at radius 3 is 2.39 bits per heavy atom. The van der Waals surface area contributed by atoms with Gasteiger partial charge in [-0.15, -0.1) is 0 Å². The van der Waals surface area contributed by atoms with Crippen molar-refractivity contribution in [1.29, 1.82) is 0 Å². The predicted octanol–water partition coefficient (Wildman–Crippen LogP) is 4.89. The molecule has 5 nitrogen and oxygen atoms in total. The second-order valence-electron chi connectivity index (χ2n) is 7.33. The van der Waals surface area contributed by atoms with Crippen molar-refractivity contribution in [2.75, 3.05) is 26.1 Å². The van der Waals surface area contributed by atoms with Gasteiger partial charge in [0, 0.05) is 47.0 Å². The fourth-order valence-electron chi connectivity index (χ4n) is 2.96. The number of fused-ring (bicyclic) bond motifs is 1. The van der Waals surface area contributed by atoms with Crippen molar-refractivity contribution in [2.24, 2.45) is 0 Å². The predicted molar refractivity (Wildman–Crippen MR) is 116 cm³/mol. The van der Waals surface area contributed by atoms with Crippen LogP contribution >= 0.6 is 11.6 Å². The van der Waals surface area contributed by atoms with E-state index < -0.39 is 0 Å². The van der Waals surface area contributed by atoms with Crippen molar-refractivity contribution in [1.82, 2.24) is 10.3 Å². The molecule has 0 amide bonds. The maximum Gasteiger partial charge on any atom is 0.122 e. The Hall–Kier alpha value is -2.50. The molecule has 0 unspecified atom stereocenters. The van der Waals surface area contributed by atoms with Crippen molar-refractivity contribution in [3.05, 3.63) is 59.2 Å². The smallest absolute Gasteiger partial charge is 0.122 e. The van der Waals surface area contributed by atoms with Gasteiger partial charge in [-0.05, 0) is 55.8 Å². The summed E-state index contributed by atoms with van der Waals surface area (Å²) in [7, 11) is 3.32. The number of nitrogens with one attached hydrogen (secondary N) is 2. The van der Waals surface area contributed by atoms with Crippen molar-refractivity contribution < 1.29 is 9.47 Å². The molecule has 0 radical (unpaired) electrons. The highest BCUT2D eigenvalue weighted by Gasteiger charge is 2.17. The normalized spacial score (nSPS) is 11.5. The second kappa shape index (κ2) is 8.67. The van der Waals surface area contributed by atoms with Crippen molar-refractivity contribution in [3.63, 3.8) is 0 Å². The third-order valence-electron chi connectivity index (χ3n) is 4.61. The highest BCUT2D eigenvalue weighted by atomic mass is 35.5. The average molecular weight is 400 g/mol. The number of aromatic nitrogens is 1. The molecular weight excluding hydrogens is 374 g/mol. The summed E-state index contributed by atoms with van der Waals surface area (Å²) in [5, 5.41) is 8.87. The van der Waals surface area contributed by atoms with E-state index in [0.717, 1.165) is 40.2 Å². The van der Waals surface area contributed by atoms with Crippen LogP contribution in [0, 0.1) is 0 Å². The molecule has 0 fully saturated rings. The van der Waals surface area contributed by atoms with Gasteiger partial charge in [0.15, 0.2) is 0 Å². The Morgan fingerprint density at radius 2 is 1.71 bits per heavy atom. The summed E-state index contributed by atoms with van der Waals surface area (Å²) in [4.78, 5) is 4.39. The molecule has 0 aliphatic rings. The van der Waals surface area contributed by atoms with Crippen LogP contribution in [0.15, 0.2) is 48.7 Å². The number of anilines is 1. The van der Waals surface area contributed by atoms with Gasteiger partial charge in [-0.3, -0.25) is 4.98 Å². The fraction of sp³-hybridized carbons (Fsp3) is 0.318. The van der Waals surface area contributed by atoms with Gasteiger partial charge < -0.3 is 20.1 Å². The van der Waals surface area contributed by atoms with Gasteiger partial charge in [-0.25, -0.2) is 0 Å². The van der Waals surface area contributed by atoms with Crippen LogP contribution in [0.3, 0.4) is 0 Å². The number of nitrogens with zero attached hydrogens (tertiary/aromatic N) is 1. The molecule has 1 aromatic heterocycles. The van der Waals surface area contributed by atoms with Gasteiger partial charge in [0.1, 0.15) is 11.5 Å². The molecule has 3 aromatic rings. The summed E-state index contributed by atoms with van der Waals surface area (Å²) >= 11 is 6.08. The maximum atomic E-state index is 6.08. The summed E-state index contributed by atoms with van der Waals surface area (Å²) in [5.74, 6) is 1.57. The topological polar surface area (TPSA) is 55.4 Å². The number of hydrogen-bond donors (Lipinski definition) is 2. The summed E-state index contributed by atoms with van der Waals surface area (Å²) in [6.07, 6.45) is 1.80. The van der Waals surface area contributed by atoms with Crippen molar-refractivity contribution >= 4 is 28.2 Å². The van der Waals surface area contributed by atoms with Gasteiger partial charge in [0.25, 0.3) is 0 Å². The molecule has 0 atom stereocenters. The quantitative estimate of drug-likeness (QED) is 0.565. The molecule has 0 aliphatic carbocycles. The van der Waals surface area contributed by atoms with E-state index in [2.05, 4.69) is 29.5 Å². The first-order valence-electron chi connectivity index (χ1n) is 9.15. The molecule has 2 aromatic carbocycles. The zero-order chi connectivity index (χ0) is 20.1. The van der Waals surface area contributed by atoms with Crippen LogP contribution in [-0.2, 0) is 6.54 Å². The van der Waals surface area contributed by atoms with E-state index in [1.165, 1.54) is 0 Å². The molecule has 2 N–H and O–H groups in total. The molecule has 0 saturated carbocycles. The van der Waals surface area contributed by atoms with Gasteiger partial charge in [0.2, 0.25) is 0 Å². The van der Waals surface area contributed by atoms with Crippen LogP contribution in [0.5, 0.6) is 11.5 Å². The summed E-state index contributed by atoms with van der Waals surface area (Å²) in [6.45, 7) is 5.78. The van der Waals surface area contributed by atoms with Crippen LogP contribution in [-0.4, -0.2) is 31.3 Å². The Bertz CT molecular complexity index is 937. The molecule has 0 saturated heterocycles. The Morgan fingerprint density at radius 1 is 1.00 bits per heavy atom. The highest BCUT2D eigenvalue weighted by molar-refractivity contribution is 6.31. The first kappa shape index (κ1) is 20.2. The van der Waals surface area contributed by atoms with Gasteiger partial charge >= 0.3 is 0 Å². The van der Waals surface area contributed by atoms with Gasteiger partial charge in [-0.1, -0.05) is 11.6 Å². The Kier molecular flexibility index (Phi) is 6.27. The molecule has 0 bridgehead atoms. The van der Waals surface area contributed by atoms with Crippen molar-refractivity contribution in [2.45, 2.75) is 25.9 Å². The van der Waals surface area contributed by atoms with Crippen LogP contribution < -0.4 is 20.1 Å². The highest BCUT2D eigenvalue weighted by Crippen LogP contribution is 2.25. The van der Waals surface area contributed by atoms with E-state index in [0.29, 0.717) is 11.6 Å². The van der Waals surface area contributed by atoms with Gasteiger partial charge in [-0.2, -0.15) is 0 Å². The first-order valence-corrected chi connectivity index (χ1v) is 9.53. The molecule has 1 heterocycles. The summed E-state index contributed by atoms with van der Waals surface area (Å²) in [5.41, 5.74) is 2.89. The summed E-state index contributed by atoms with van der Waals surface area (Å²) in [6, 6.07) is 13.6. The lowest BCUT2D eigenvalue weighted by atomic mass is 10.0. The van der Waals surface area contributed by atoms with E-state index >= 15 is 0 Å². The zero-order valence-electron chi connectivity index (χ0n) is 16.7. The third-order valence-corrected chi connectivity index (χ3v) is 4.84. The molecule has 6 heteroatoms. The fourth-order valence-corrected chi connectivity index (χ4v) is 3.13. The molecule has 0 spiro atoms. The number of benzene rings is 2. The Labute approximate surface area is 171 Å². The molecule has 28 heavy (non-hydrogen) atoms.